The van der Waals surface area contributed by atoms with Crippen LogP contribution in [0.3, 0.4) is 0 Å². The molecule has 0 amide bonds. The minimum absolute atomic E-state index is 0. The molecule has 0 N–H and O–H groups in total. The molecule has 0 radical (unpaired) electrons. The van der Waals surface area contributed by atoms with Gasteiger partial charge in [-0.2, -0.15) is 0 Å². The Kier molecular flexibility index (Phi) is 6.58. The van der Waals surface area contributed by atoms with Gasteiger partial charge in [0.25, 0.3) is 0 Å². The fourth-order valence-electron chi connectivity index (χ4n) is 1.92. The summed E-state index contributed by atoms with van der Waals surface area (Å²) in [6, 6.07) is 7.37. The standard InChI is InChI=1S/C15H20N2O2.BrH/c1-3-10-19-14-6-4-13(5-7-14)15(18)11-17-9-8-16(2)12-17;/h4-9H,3,10-12H2,1-2H3;1H. The first-order valence-corrected chi connectivity index (χ1v) is 6.57. The Bertz CT molecular complexity index is 459. The lowest BCUT2D eigenvalue weighted by Crippen LogP contribution is -2.27. The van der Waals surface area contributed by atoms with Gasteiger partial charge in [-0.1, -0.05) is 6.92 Å². The molecule has 1 heterocycles. The average Bonchev–Trinajstić information content (AvgIpc) is 2.82. The minimum Gasteiger partial charge on any atom is -0.494 e. The lowest BCUT2D eigenvalue weighted by Gasteiger charge is -2.17. The Morgan fingerprint density at radius 3 is 2.50 bits per heavy atom. The Morgan fingerprint density at radius 1 is 1.25 bits per heavy atom. The highest BCUT2D eigenvalue weighted by molar-refractivity contribution is 8.93. The van der Waals surface area contributed by atoms with Gasteiger partial charge >= 0.3 is 0 Å². The van der Waals surface area contributed by atoms with Gasteiger partial charge in [0, 0.05) is 25.0 Å². The summed E-state index contributed by atoms with van der Waals surface area (Å²) in [5.41, 5.74) is 0.729. The molecule has 1 aromatic rings. The van der Waals surface area contributed by atoms with Crippen LogP contribution in [0.5, 0.6) is 5.75 Å². The Hall–Kier alpha value is -1.49. The lowest BCUT2D eigenvalue weighted by atomic mass is 10.1. The normalized spacial score (nSPS) is 13.3. The van der Waals surface area contributed by atoms with E-state index >= 15 is 0 Å². The number of benzene rings is 1. The van der Waals surface area contributed by atoms with Crippen molar-refractivity contribution >= 4 is 22.8 Å². The molecule has 2 rings (SSSR count). The van der Waals surface area contributed by atoms with E-state index in [0.29, 0.717) is 13.2 Å². The molecule has 1 aliphatic rings. The van der Waals surface area contributed by atoms with E-state index in [9.17, 15) is 4.79 Å². The molecule has 5 heteroatoms. The van der Waals surface area contributed by atoms with Crippen LogP contribution < -0.4 is 4.74 Å². The molecule has 20 heavy (non-hydrogen) atoms. The van der Waals surface area contributed by atoms with Crippen LogP contribution in [0.2, 0.25) is 0 Å². The third-order valence-electron chi connectivity index (χ3n) is 2.93. The van der Waals surface area contributed by atoms with Crippen molar-refractivity contribution in [3.63, 3.8) is 0 Å². The molecule has 110 valence electrons. The van der Waals surface area contributed by atoms with Crippen molar-refractivity contribution in [2.75, 3.05) is 26.9 Å². The van der Waals surface area contributed by atoms with Gasteiger partial charge in [-0.15, -0.1) is 17.0 Å². The van der Waals surface area contributed by atoms with Crippen LogP contribution in [-0.2, 0) is 0 Å². The van der Waals surface area contributed by atoms with Gasteiger partial charge in [-0.3, -0.25) is 4.79 Å². The summed E-state index contributed by atoms with van der Waals surface area (Å²) in [6.45, 7) is 3.95. The molecule has 1 aromatic carbocycles. The van der Waals surface area contributed by atoms with Crippen molar-refractivity contribution in [1.29, 1.82) is 0 Å². The third kappa shape index (κ3) is 4.56. The van der Waals surface area contributed by atoms with Crippen LogP contribution in [0, 0.1) is 0 Å². The van der Waals surface area contributed by atoms with Crippen LogP contribution in [0.25, 0.3) is 0 Å². The number of nitrogens with zero attached hydrogens (tertiary/aromatic N) is 2. The van der Waals surface area contributed by atoms with Gasteiger partial charge in [0.15, 0.2) is 5.78 Å². The highest BCUT2D eigenvalue weighted by atomic mass is 79.9. The zero-order chi connectivity index (χ0) is 13.7. The van der Waals surface area contributed by atoms with Gasteiger partial charge in [-0.25, -0.2) is 0 Å². The summed E-state index contributed by atoms with van der Waals surface area (Å²) < 4.78 is 5.50. The highest BCUT2D eigenvalue weighted by Crippen LogP contribution is 2.14. The van der Waals surface area contributed by atoms with Crippen molar-refractivity contribution < 1.29 is 9.53 Å². The monoisotopic (exact) mass is 340 g/mol. The quantitative estimate of drug-likeness (QED) is 0.745. The zero-order valence-corrected chi connectivity index (χ0v) is 13.6. The summed E-state index contributed by atoms with van der Waals surface area (Å²) in [6.07, 6.45) is 4.89. The number of rotatable bonds is 6. The molecule has 0 saturated heterocycles. The molecule has 0 bridgehead atoms. The van der Waals surface area contributed by atoms with E-state index in [-0.39, 0.29) is 22.8 Å². The topological polar surface area (TPSA) is 32.8 Å². The van der Waals surface area contributed by atoms with Crippen LogP contribution in [0.15, 0.2) is 36.7 Å². The summed E-state index contributed by atoms with van der Waals surface area (Å²) in [5, 5.41) is 0. The first-order chi connectivity index (χ1) is 9.19. The van der Waals surface area contributed by atoms with Crippen LogP contribution >= 0.6 is 17.0 Å². The predicted molar refractivity (Wildman–Crippen MR) is 85.4 cm³/mol. The molecule has 0 aromatic heterocycles. The maximum atomic E-state index is 12.1. The Balaban J connectivity index is 0.00000200. The molecule has 0 saturated carbocycles. The number of carbonyl (C=O) groups excluding carboxylic acids is 1. The molecule has 4 nitrogen and oxygen atoms in total. The van der Waals surface area contributed by atoms with Gasteiger partial charge in [0.1, 0.15) is 5.75 Å². The Morgan fingerprint density at radius 2 is 1.95 bits per heavy atom. The van der Waals surface area contributed by atoms with Gasteiger partial charge < -0.3 is 14.5 Å². The summed E-state index contributed by atoms with van der Waals surface area (Å²) in [7, 11) is 1.99. The van der Waals surface area contributed by atoms with E-state index in [4.69, 9.17) is 4.74 Å². The van der Waals surface area contributed by atoms with Crippen molar-refractivity contribution in [3.8, 4) is 5.75 Å². The van der Waals surface area contributed by atoms with Crippen molar-refractivity contribution in [2.24, 2.45) is 0 Å². The SMILES string of the molecule is Br.CCCOc1ccc(C(=O)CN2C=CN(C)C2)cc1. The summed E-state index contributed by atoms with van der Waals surface area (Å²) in [5.74, 6) is 0.946. The van der Waals surface area contributed by atoms with E-state index < -0.39 is 0 Å². The van der Waals surface area contributed by atoms with Gasteiger partial charge in [-0.05, 0) is 30.7 Å². The minimum atomic E-state index is 0. The number of Topliss-reactive ketones (excluding diaryl/α,β-unsaturated/α-hetero) is 1. The van der Waals surface area contributed by atoms with E-state index in [1.807, 2.05) is 53.5 Å². The number of ether oxygens (including phenoxy) is 1. The molecular weight excluding hydrogens is 320 g/mol. The fourth-order valence-corrected chi connectivity index (χ4v) is 1.92. The van der Waals surface area contributed by atoms with Crippen LogP contribution in [-0.4, -0.2) is 42.5 Å². The second-order valence-electron chi connectivity index (χ2n) is 4.74. The number of halogens is 1. The molecule has 0 atom stereocenters. The maximum absolute atomic E-state index is 12.1. The molecular formula is C15H21BrN2O2. The molecule has 0 aliphatic carbocycles. The Labute approximate surface area is 130 Å². The zero-order valence-electron chi connectivity index (χ0n) is 11.9. The second kappa shape index (κ2) is 7.94. The van der Waals surface area contributed by atoms with Crippen LogP contribution in [0.4, 0.5) is 0 Å². The predicted octanol–water partition coefficient (Wildman–Crippen LogP) is 2.91. The smallest absolute Gasteiger partial charge is 0.182 e. The van der Waals surface area contributed by atoms with E-state index in [1.54, 1.807) is 0 Å². The van der Waals surface area contributed by atoms with E-state index in [0.717, 1.165) is 24.4 Å². The summed E-state index contributed by atoms with van der Waals surface area (Å²) >= 11 is 0. The largest absolute Gasteiger partial charge is 0.494 e. The number of carbonyl (C=O) groups is 1. The molecule has 1 aliphatic heterocycles. The van der Waals surface area contributed by atoms with Crippen molar-refractivity contribution in [2.45, 2.75) is 13.3 Å². The van der Waals surface area contributed by atoms with Gasteiger partial charge in [0.2, 0.25) is 0 Å². The molecule has 0 unspecified atom stereocenters. The average molecular weight is 341 g/mol. The molecule has 0 fully saturated rings. The fraction of sp³-hybridized carbons (Fsp3) is 0.400. The number of hydrogen-bond acceptors (Lipinski definition) is 4. The molecule has 0 spiro atoms. The van der Waals surface area contributed by atoms with E-state index in [1.165, 1.54) is 0 Å². The second-order valence-corrected chi connectivity index (χ2v) is 4.74. The first kappa shape index (κ1) is 16.6. The van der Waals surface area contributed by atoms with Crippen LogP contribution in [0.1, 0.15) is 23.7 Å². The van der Waals surface area contributed by atoms with Crippen molar-refractivity contribution in [3.05, 3.63) is 42.2 Å². The maximum Gasteiger partial charge on any atom is 0.182 e. The van der Waals surface area contributed by atoms with Crippen molar-refractivity contribution in [1.82, 2.24) is 9.80 Å². The number of ketones is 1. The first-order valence-electron chi connectivity index (χ1n) is 6.57. The number of hydrogen-bond donors (Lipinski definition) is 0. The van der Waals surface area contributed by atoms with Gasteiger partial charge in [0.05, 0.1) is 19.8 Å². The highest BCUT2D eigenvalue weighted by Gasteiger charge is 2.14. The third-order valence-corrected chi connectivity index (χ3v) is 2.93. The summed E-state index contributed by atoms with van der Waals surface area (Å²) in [4.78, 5) is 16.1. The van der Waals surface area contributed by atoms with E-state index in [2.05, 4.69) is 6.92 Å². The lowest BCUT2D eigenvalue weighted by molar-refractivity contribution is 0.0948.